The van der Waals surface area contributed by atoms with Crippen molar-refractivity contribution in [1.29, 1.82) is 0 Å². The molecule has 0 aliphatic heterocycles. The molecule has 0 bridgehead atoms. The first-order valence-electron chi connectivity index (χ1n) is 17.7. The van der Waals surface area contributed by atoms with Crippen LogP contribution >= 0.6 is 11.8 Å². The van der Waals surface area contributed by atoms with E-state index in [0.717, 1.165) is 29.8 Å². The number of ketones is 1. The fourth-order valence-corrected chi connectivity index (χ4v) is 7.11. The van der Waals surface area contributed by atoms with E-state index in [9.17, 15) is 22.8 Å². The zero-order valence-electron chi connectivity index (χ0n) is 31.5. The zero-order valence-corrected chi connectivity index (χ0v) is 35.2. The Labute approximate surface area is 344 Å². The average Bonchev–Trinajstić information content (AvgIpc) is 3.86. The molecule has 1 fully saturated rings. The van der Waals surface area contributed by atoms with Gasteiger partial charge in [0.25, 0.3) is 10.1 Å². The van der Waals surface area contributed by atoms with Gasteiger partial charge in [0.15, 0.2) is 5.78 Å². The van der Waals surface area contributed by atoms with Gasteiger partial charge in [-0.15, -0.1) is 11.8 Å². The van der Waals surface area contributed by atoms with Gasteiger partial charge < -0.3 is 12.5 Å². The number of primary amides is 1. The van der Waals surface area contributed by atoms with Crippen LogP contribution in [-0.2, 0) is 19.7 Å². The normalized spacial score (nSPS) is 13.4. The number of hydrogen-bond donors (Lipinski definition) is 3. The molecular formula is C38H59KN2O6S2. The molecule has 0 aromatic heterocycles. The van der Waals surface area contributed by atoms with Gasteiger partial charge in [0.05, 0.1) is 10.5 Å². The molecule has 0 radical (unpaired) electrons. The number of amides is 2. The summed E-state index contributed by atoms with van der Waals surface area (Å²) < 4.78 is 31.3. The van der Waals surface area contributed by atoms with E-state index < -0.39 is 32.6 Å². The maximum atomic E-state index is 13.0. The quantitative estimate of drug-likeness (QED) is 0.0423. The van der Waals surface area contributed by atoms with Crippen molar-refractivity contribution in [3.63, 3.8) is 0 Å². The number of Topliss-reactive ketones (excluding diaryl/α,β-unsaturated/α-hetero) is 1. The molecule has 270 valence electrons. The van der Waals surface area contributed by atoms with Gasteiger partial charge in [0.2, 0.25) is 11.8 Å². The number of thioether (sulfide) groups is 1. The molecule has 2 aromatic rings. The Hall–Kier alpha value is -1.05. The number of nitrogens with two attached hydrogens (primary N) is 1. The van der Waals surface area contributed by atoms with E-state index in [-0.39, 0.29) is 74.7 Å². The molecule has 0 heterocycles. The molecule has 1 aliphatic carbocycles. The van der Waals surface area contributed by atoms with E-state index >= 15 is 0 Å². The Kier molecular flexibility index (Phi) is 22.7. The van der Waals surface area contributed by atoms with E-state index in [0.29, 0.717) is 4.90 Å². The molecule has 2 aromatic carbocycles. The van der Waals surface area contributed by atoms with Gasteiger partial charge in [0, 0.05) is 16.0 Å². The predicted octanol–water partition coefficient (Wildman–Crippen LogP) is 6.74. The van der Waals surface area contributed by atoms with Gasteiger partial charge in [-0.05, 0) is 42.3 Å². The van der Waals surface area contributed by atoms with Crippen molar-refractivity contribution in [3.8, 4) is 0 Å². The van der Waals surface area contributed by atoms with Crippen molar-refractivity contribution in [2.24, 2.45) is 17.1 Å². The van der Waals surface area contributed by atoms with Crippen LogP contribution in [0.3, 0.4) is 0 Å². The fourth-order valence-electron chi connectivity index (χ4n) is 5.29. The first kappa shape index (κ1) is 46.0. The van der Waals surface area contributed by atoms with Crippen LogP contribution in [0, 0.1) is 11.3 Å². The van der Waals surface area contributed by atoms with Crippen molar-refractivity contribution >= 4 is 45.2 Å². The van der Waals surface area contributed by atoms with Crippen LogP contribution in [0.25, 0.3) is 0 Å². The van der Waals surface area contributed by atoms with E-state index in [1.54, 1.807) is 39.0 Å². The van der Waals surface area contributed by atoms with Crippen molar-refractivity contribution < 1.29 is 80.2 Å². The van der Waals surface area contributed by atoms with Gasteiger partial charge in [0.1, 0.15) is 5.25 Å². The molecule has 8 nitrogen and oxygen atoms in total. The van der Waals surface area contributed by atoms with Crippen molar-refractivity contribution in [1.82, 2.24) is 0 Å². The van der Waals surface area contributed by atoms with Gasteiger partial charge in [-0.2, -0.15) is 8.42 Å². The Morgan fingerprint density at radius 1 is 0.857 bits per heavy atom. The third kappa shape index (κ3) is 19.4. The Bertz CT molecular complexity index is 1400. The number of carbonyl (C=O) groups is 3. The molecule has 1 unspecified atom stereocenters. The van der Waals surface area contributed by atoms with Gasteiger partial charge >= 0.3 is 51.4 Å². The van der Waals surface area contributed by atoms with E-state index in [2.05, 4.69) is 12.2 Å². The second-order valence-corrected chi connectivity index (χ2v) is 16.5. The monoisotopic (exact) mass is 742 g/mol. The number of unbranched alkanes of at least 4 members (excludes halogenated alkanes) is 12. The van der Waals surface area contributed by atoms with Crippen LogP contribution in [0.5, 0.6) is 0 Å². The molecular weight excluding hydrogens is 684 g/mol. The molecule has 1 saturated carbocycles. The van der Waals surface area contributed by atoms with Gasteiger partial charge in [-0.1, -0.05) is 143 Å². The second-order valence-electron chi connectivity index (χ2n) is 13.9. The molecule has 0 spiro atoms. The fraction of sp³-hybridized carbons (Fsp3) is 0.605. The Balaban J connectivity index is 0.00000104. The van der Waals surface area contributed by atoms with Crippen LogP contribution < -0.4 is 62.4 Å². The maximum Gasteiger partial charge on any atom is 1.00 e. The minimum absolute atomic E-state index is 0. The maximum absolute atomic E-state index is 13.0. The molecule has 11 heteroatoms. The number of benzene rings is 2. The van der Waals surface area contributed by atoms with Crippen LogP contribution in [0.1, 0.15) is 142 Å². The summed E-state index contributed by atoms with van der Waals surface area (Å²) in [6, 6.07) is 11.2. The summed E-state index contributed by atoms with van der Waals surface area (Å²) >= 11 is 0.915. The molecule has 4 N–H and O–H groups in total. The van der Waals surface area contributed by atoms with Crippen molar-refractivity contribution in [3.05, 3.63) is 54.1 Å². The van der Waals surface area contributed by atoms with Gasteiger partial charge in [-0.3, -0.25) is 18.9 Å². The third-order valence-corrected chi connectivity index (χ3v) is 10.6. The van der Waals surface area contributed by atoms with Crippen LogP contribution in [0.2, 0.25) is 0 Å². The summed E-state index contributed by atoms with van der Waals surface area (Å²) in [5.41, 5.74) is 4.98. The molecule has 49 heavy (non-hydrogen) atoms. The largest absolute Gasteiger partial charge is 1.00 e. The molecule has 0 saturated heterocycles. The molecule has 2 amide bonds. The van der Waals surface area contributed by atoms with Crippen molar-refractivity contribution in [2.45, 2.75) is 145 Å². The molecule has 3 rings (SSSR count). The van der Waals surface area contributed by atoms with Gasteiger partial charge in [-0.25, -0.2) is 0 Å². The standard InChI is InChI=1S/C20H22N2O6S2.C18H36.K.H/c1-20(2,3)17(23)16(29-15-7-5-4-6-14(15)18(21)24)19(25)22-12-8-10-13(11-9-12)30(26,27)28;1-2-3-4-5-6-7-8-9-10-11-12-13-14-15-18-16-17-18;;/h4-11,16H,1-3H3,(H2,21,24)(H,22,25)(H,26,27,28);18H,2-17H2,1H3;;/q;;+1;-1. The number of carbonyl (C=O) groups excluding carboxylic acids is 3. The minimum Gasteiger partial charge on any atom is -1.00 e. The predicted molar refractivity (Wildman–Crippen MR) is 198 cm³/mol. The SMILES string of the molecule is CC(C)(C)C(=O)C(Sc1ccccc1C(N)=O)C(=O)Nc1ccc(S(=O)(=O)O)cc1.CCCCCCCCCCCCCCCC1CC1.[H-].[K+]. The van der Waals surface area contributed by atoms with Crippen LogP contribution in [0.15, 0.2) is 58.3 Å². The van der Waals surface area contributed by atoms with Crippen LogP contribution in [-0.4, -0.2) is 35.8 Å². The Morgan fingerprint density at radius 3 is 1.80 bits per heavy atom. The zero-order chi connectivity index (χ0) is 35.6. The smallest absolute Gasteiger partial charge is 1.00 e. The van der Waals surface area contributed by atoms with Crippen molar-refractivity contribution in [2.75, 3.05) is 5.32 Å². The Morgan fingerprint density at radius 2 is 1.35 bits per heavy atom. The second kappa shape index (κ2) is 24.2. The summed E-state index contributed by atoms with van der Waals surface area (Å²) in [7, 11) is -4.37. The topological polar surface area (TPSA) is 144 Å². The first-order chi connectivity index (χ1) is 22.7. The minimum atomic E-state index is -4.37. The average molecular weight is 743 g/mol. The summed E-state index contributed by atoms with van der Waals surface area (Å²) in [5, 5.41) is 1.38. The summed E-state index contributed by atoms with van der Waals surface area (Å²) in [6.07, 6.45) is 23.9. The first-order valence-corrected chi connectivity index (χ1v) is 20.0. The molecule has 1 atom stereocenters. The summed E-state index contributed by atoms with van der Waals surface area (Å²) in [4.78, 5) is 37.7. The van der Waals surface area contributed by atoms with E-state index in [1.807, 2.05) is 0 Å². The van der Waals surface area contributed by atoms with E-state index in [4.69, 9.17) is 10.3 Å². The molecule has 1 aliphatic rings. The number of hydrogen-bond acceptors (Lipinski definition) is 6. The van der Waals surface area contributed by atoms with E-state index in [1.165, 1.54) is 121 Å². The summed E-state index contributed by atoms with van der Waals surface area (Å²) in [5.74, 6) is -0.531. The number of nitrogens with one attached hydrogen (secondary N) is 1. The summed E-state index contributed by atoms with van der Waals surface area (Å²) in [6.45, 7) is 7.33. The van der Waals surface area contributed by atoms with Crippen LogP contribution in [0.4, 0.5) is 5.69 Å². The third-order valence-electron chi connectivity index (χ3n) is 8.45. The number of rotatable bonds is 21. The number of anilines is 1.